The number of benzene rings is 3. The van der Waals surface area contributed by atoms with E-state index < -0.39 is 0 Å². The molecule has 0 aromatic heterocycles. The highest BCUT2D eigenvalue weighted by Gasteiger charge is 2.26. The van der Waals surface area contributed by atoms with Crippen LogP contribution in [0.15, 0.2) is 82.3 Å². The van der Waals surface area contributed by atoms with E-state index in [9.17, 15) is 0 Å². The molecule has 0 radical (unpaired) electrons. The predicted octanol–water partition coefficient (Wildman–Crippen LogP) is 5.52. The van der Waals surface area contributed by atoms with Gasteiger partial charge >= 0.3 is 0 Å². The van der Waals surface area contributed by atoms with Crippen LogP contribution in [0.3, 0.4) is 0 Å². The van der Waals surface area contributed by atoms with E-state index in [2.05, 4.69) is 70.3 Å². The lowest BCUT2D eigenvalue weighted by Crippen LogP contribution is -2.37. The zero-order chi connectivity index (χ0) is 22.3. The Balaban J connectivity index is 1.40. The fraction of sp³-hybridized carbons (Fsp3) is 0.296. The van der Waals surface area contributed by atoms with Crippen molar-refractivity contribution in [3.05, 3.63) is 99.5 Å². The SMILES string of the molecule is COc1ccc(Br)cc1CCc1ccccc1C1=NCC(COCc2ccccc2)N1C. The van der Waals surface area contributed by atoms with Gasteiger partial charge in [-0.1, -0.05) is 70.5 Å². The van der Waals surface area contributed by atoms with Crippen LogP contribution in [0.4, 0.5) is 0 Å². The quantitative estimate of drug-likeness (QED) is 0.394. The van der Waals surface area contributed by atoms with E-state index in [1.807, 2.05) is 30.3 Å². The van der Waals surface area contributed by atoms with Crippen LogP contribution in [0.2, 0.25) is 0 Å². The average molecular weight is 493 g/mol. The van der Waals surface area contributed by atoms with Gasteiger partial charge < -0.3 is 14.4 Å². The molecule has 0 fully saturated rings. The topological polar surface area (TPSA) is 34.1 Å². The monoisotopic (exact) mass is 492 g/mol. The lowest BCUT2D eigenvalue weighted by Gasteiger charge is -2.24. The molecule has 0 amide bonds. The first-order valence-electron chi connectivity index (χ1n) is 11.0. The third kappa shape index (κ3) is 5.40. The molecule has 0 saturated carbocycles. The molecule has 1 unspecified atom stereocenters. The summed E-state index contributed by atoms with van der Waals surface area (Å²) >= 11 is 3.58. The second kappa shape index (κ2) is 10.8. The summed E-state index contributed by atoms with van der Waals surface area (Å²) in [7, 11) is 3.85. The lowest BCUT2D eigenvalue weighted by molar-refractivity contribution is 0.0866. The molecule has 1 aliphatic heterocycles. The van der Waals surface area contributed by atoms with Crippen LogP contribution in [-0.4, -0.2) is 44.1 Å². The maximum atomic E-state index is 6.00. The van der Waals surface area contributed by atoms with Crippen molar-refractivity contribution in [1.82, 2.24) is 4.90 Å². The van der Waals surface area contributed by atoms with E-state index in [1.54, 1.807) is 7.11 Å². The number of halogens is 1. The molecule has 0 N–H and O–H groups in total. The standard InChI is InChI=1S/C27H29BrN2O2/c1-30-24(19-32-18-20-8-4-3-5-9-20)17-29-27(30)25-11-7-6-10-21(25)12-13-22-16-23(28)14-15-26(22)31-2/h3-11,14-16,24H,12-13,17-19H2,1-2H3. The molecule has 1 heterocycles. The van der Waals surface area contributed by atoms with Crippen LogP contribution in [0.5, 0.6) is 5.75 Å². The molecule has 1 atom stereocenters. The average Bonchev–Trinajstić information content (AvgIpc) is 3.18. The lowest BCUT2D eigenvalue weighted by atomic mass is 9.98. The summed E-state index contributed by atoms with van der Waals surface area (Å²) in [5.41, 5.74) is 4.90. The van der Waals surface area contributed by atoms with Crippen molar-refractivity contribution in [2.75, 3.05) is 27.3 Å². The number of rotatable bonds is 9. The first-order valence-corrected chi connectivity index (χ1v) is 11.7. The minimum absolute atomic E-state index is 0.256. The molecule has 0 aliphatic carbocycles. The van der Waals surface area contributed by atoms with Gasteiger partial charge in [0.1, 0.15) is 11.6 Å². The Bertz CT molecular complexity index is 1070. The molecule has 32 heavy (non-hydrogen) atoms. The number of ether oxygens (including phenoxy) is 2. The molecule has 3 aromatic carbocycles. The highest BCUT2D eigenvalue weighted by Crippen LogP contribution is 2.26. The largest absolute Gasteiger partial charge is 0.496 e. The van der Waals surface area contributed by atoms with Gasteiger partial charge in [-0.3, -0.25) is 4.99 Å². The summed E-state index contributed by atoms with van der Waals surface area (Å²) in [6, 6.07) is 25.3. The molecular weight excluding hydrogens is 464 g/mol. The number of aryl methyl sites for hydroxylation is 2. The van der Waals surface area contributed by atoms with E-state index >= 15 is 0 Å². The van der Waals surface area contributed by atoms with Crippen molar-refractivity contribution in [3.8, 4) is 5.75 Å². The molecule has 3 aromatic rings. The van der Waals surface area contributed by atoms with Crippen LogP contribution in [-0.2, 0) is 24.2 Å². The summed E-state index contributed by atoms with van der Waals surface area (Å²) in [5.74, 6) is 1.98. The van der Waals surface area contributed by atoms with Gasteiger partial charge in [-0.15, -0.1) is 0 Å². The number of nitrogens with zero attached hydrogens (tertiary/aromatic N) is 2. The van der Waals surface area contributed by atoms with Gasteiger partial charge in [0.25, 0.3) is 0 Å². The van der Waals surface area contributed by atoms with Crippen molar-refractivity contribution < 1.29 is 9.47 Å². The first-order chi connectivity index (χ1) is 15.7. The predicted molar refractivity (Wildman–Crippen MR) is 134 cm³/mol. The van der Waals surface area contributed by atoms with Crippen molar-refractivity contribution in [2.24, 2.45) is 4.99 Å². The molecule has 4 rings (SSSR count). The normalized spacial score (nSPS) is 15.7. The summed E-state index contributed by atoms with van der Waals surface area (Å²) < 4.78 is 12.6. The van der Waals surface area contributed by atoms with Gasteiger partial charge in [0.2, 0.25) is 0 Å². The summed E-state index contributed by atoms with van der Waals surface area (Å²) in [6.07, 6.45) is 1.82. The molecule has 166 valence electrons. The zero-order valence-corrected chi connectivity index (χ0v) is 20.2. The fourth-order valence-electron chi connectivity index (χ4n) is 4.09. The molecule has 4 nitrogen and oxygen atoms in total. The summed E-state index contributed by atoms with van der Waals surface area (Å²) in [5, 5.41) is 0. The van der Waals surface area contributed by atoms with Crippen LogP contribution in [0, 0.1) is 0 Å². The number of hydrogen-bond acceptors (Lipinski definition) is 4. The minimum atomic E-state index is 0.256. The highest BCUT2D eigenvalue weighted by atomic mass is 79.9. The Kier molecular flexibility index (Phi) is 7.61. The number of amidine groups is 1. The van der Waals surface area contributed by atoms with E-state index in [0.29, 0.717) is 13.2 Å². The second-order valence-corrected chi connectivity index (χ2v) is 8.96. The van der Waals surface area contributed by atoms with Crippen molar-refractivity contribution in [3.63, 3.8) is 0 Å². The Morgan fingerprint density at radius 1 is 0.969 bits per heavy atom. The number of methoxy groups -OCH3 is 1. The summed E-state index contributed by atoms with van der Waals surface area (Å²) in [4.78, 5) is 7.16. The Morgan fingerprint density at radius 3 is 2.53 bits per heavy atom. The van der Waals surface area contributed by atoms with Gasteiger partial charge in [0, 0.05) is 17.1 Å². The van der Waals surface area contributed by atoms with Gasteiger partial charge in [-0.2, -0.15) is 0 Å². The van der Waals surface area contributed by atoms with Crippen LogP contribution >= 0.6 is 15.9 Å². The van der Waals surface area contributed by atoms with Gasteiger partial charge in [-0.05, 0) is 47.7 Å². The number of aliphatic imine (C=N–C) groups is 1. The molecule has 0 bridgehead atoms. The third-order valence-corrected chi connectivity index (χ3v) is 6.41. The van der Waals surface area contributed by atoms with E-state index in [-0.39, 0.29) is 6.04 Å². The first kappa shape index (κ1) is 22.6. The van der Waals surface area contributed by atoms with E-state index in [1.165, 1.54) is 22.3 Å². The Hall–Kier alpha value is -2.63. The van der Waals surface area contributed by atoms with E-state index in [0.717, 1.165) is 35.4 Å². The number of hydrogen-bond donors (Lipinski definition) is 0. The van der Waals surface area contributed by atoms with Crippen molar-refractivity contribution in [2.45, 2.75) is 25.5 Å². The highest BCUT2D eigenvalue weighted by molar-refractivity contribution is 9.10. The van der Waals surface area contributed by atoms with Crippen molar-refractivity contribution in [1.29, 1.82) is 0 Å². The van der Waals surface area contributed by atoms with E-state index in [4.69, 9.17) is 14.5 Å². The van der Waals surface area contributed by atoms with Gasteiger partial charge in [0.05, 0.1) is 32.9 Å². The second-order valence-electron chi connectivity index (χ2n) is 8.04. The number of likely N-dealkylation sites (N-methyl/N-ethyl adjacent to an activating group) is 1. The minimum Gasteiger partial charge on any atom is -0.496 e. The van der Waals surface area contributed by atoms with Crippen LogP contribution in [0.25, 0.3) is 0 Å². The maximum Gasteiger partial charge on any atom is 0.131 e. The Morgan fingerprint density at radius 2 is 1.72 bits per heavy atom. The summed E-state index contributed by atoms with van der Waals surface area (Å²) in [6.45, 7) is 2.05. The van der Waals surface area contributed by atoms with Crippen LogP contribution < -0.4 is 4.74 Å². The molecule has 0 saturated heterocycles. The molecular formula is C27H29BrN2O2. The molecule has 1 aliphatic rings. The fourth-order valence-corrected chi connectivity index (χ4v) is 4.50. The smallest absolute Gasteiger partial charge is 0.131 e. The zero-order valence-electron chi connectivity index (χ0n) is 18.6. The Labute approximate surface area is 199 Å². The molecule has 0 spiro atoms. The van der Waals surface area contributed by atoms with Crippen LogP contribution in [0.1, 0.15) is 22.3 Å². The van der Waals surface area contributed by atoms with Gasteiger partial charge in [-0.25, -0.2) is 0 Å². The van der Waals surface area contributed by atoms with Crippen molar-refractivity contribution >= 4 is 21.8 Å². The third-order valence-electron chi connectivity index (χ3n) is 5.92. The maximum absolute atomic E-state index is 6.00. The molecule has 5 heteroatoms. The van der Waals surface area contributed by atoms with Gasteiger partial charge in [0.15, 0.2) is 0 Å².